The van der Waals surface area contributed by atoms with Gasteiger partial charge in [-0.1, -0.05) is 43.3 Å². The molecule has 0 aliphatic heterocycles. The number of benzene rings is 1. The van der Waals surface area contributed by atoms with Crippen molar-refractivity contribution in [2.24, 2.45) is 4.99 Å². The second kappa shape index (κ2) is 12.9. The van der Waals surface area contributed by atoms with E-state index in [0.29, 0.717) is 6.54 Å². The summed E-state index contributed by atoms with van der Waals surface area (Å²) in [7, 11) is 1.79. The summed E-state index contributed by atoms with van der Waals surface area (Å²) in [6.45, 7) is 6.41. The molecule has 0 fully saturated rings. The summed E-state index contributed by atoms with van der Waals surface area (Å²) in [5, 5.41) is 10.9. The Morgan fingerprint density at radius 3 is 2.83 bits per heavy atom. The molecule has 2 N–H and O–H groups in total. The maximum Gasteiger partial charge on any atom is 0.191 e. The largest absolute Gasteiger partial charge is 0.373 e. The van der Waals surface area contributed by atoms with Gasteiger partial charge in [0.2, 0.25) is 0 Å². The van der Waals surface area contributed by atoms with Crippen LogP contribution in [0.3, 0.4) is 0 Å². The Balaban J connectivity index is 0.00000320. The first-order chi connectivity index (χ1) is 14.3. The van der Waals surface area contributed by atoms with Crippen LogP contribution in [0.5, 0.6) is 0 Å². The third-order valence-electron chi connectivity index (χ3n) is 5.51. The number of aryl methyl sites for hydroxylation is 3. The van der Waals surface area contributed by atoms with Crippen molar-refractivity contribution in [2.45, 2.75) is 65.0 Å². The van der Waals surface area contributed by atoms with Crippen molar-refractivity contribution in [3.63, 3.8) is 0 Å². The Bertz CT molecular complexity index is 785. The van der Waals surface area contributed by atoms with Crippen molar-refractivity contribution in [3.05, 3.63) is 52.4 Å². The smallest absolute Gasteiger partial charge is 0.191 e. The molecule has 1 atom stereocenters. The van der Waals surface area contributed by atoms with E-state index < -0.39 is 0 Å². The van der Waals surface area contributed by atoms with Gasteiger partial charge in [-0.2, -0.15) is 0 Å². The van der Waals surface area contributed by atoms with E-state index in [9.17, 15) is 0 Å². The standard InChI is InChI=1S/C23H34N4O2.HI/c1-4-20-19(21(5-2)29-27-20)16-26-23(24-3)25-14-9-15-28-22-13-8-11-17-10-6-7-12-18(17)22;/h6-7,10,12,22H,4-5,8-9,11,13-16H2,1-3H3,(H2,24,25,26);1H. The molecule has 1 aromatic carbocycles. The van der Waals surface area contributed by atoms with Crippen molar-refractivity contribution in [1.29, 1.82) is 0 Å². The van der Waals surface area contributed by atoms with Crippen LogP contribution < -0.4 is 10.6 Å². The van der Waals surface area contributed by atoms with E-state index in [1.165, 1.54) is 24.0 Å². The maximum absolute atomic E-state index is 6.18. The lowest BCUT2D eigenvalue weighted by molar-refractivity contribution is 0.0398. The summed E-state index contributed by atoms with van der Waals surface area (Å²) >= 11 is 0. The van der Waals surface area contributed by atoms with Gasteiger partial charge in [-0.25, -0.2) is 0 Å². The van der Waals surface area contributed by atoms with E-state index in [1.807, 2.05) is 0 Å². The van der Waals surface area contributed by atoms with Crippen molar-refractivity contribution in [2.75, 3.05) is 20.2 Å². The second-order valence-electron chi connectivity index (χ2n) is 7.39. The van der Waals surface area contributed by atoms with Crippen LogP contribution >= 0.6 is 24.0 Å². The van der Waals surface area contributed by atoms with Gasteiger partial charge in [-0.15, -0.1) is 24.0 Å². The highest BCUT2D eigenvalue weighted by atomic mass is 127. The fourth-order valence-corrected chi connectivity index (χ4v) is 3.92. The van der Waals surface area contributed by atoms with Crippen LogP contribution in [-0.4, -0.2) is 31.3 Å². The van der Waals surface area contributed by atoms with Crippen molar-refractivity contribution < 1.29 is 9.26 Å². The highest BCUT2D eigenvalue weighted by Crippen LogP contribution is 2.32. The lowest BCUT2D eigenvalue weighted by atomic mass is 9.89. The molecule has 166 valence electrons. The number of nitrogens with one attached hydrogen (secondary N) is 2. The number of rotatable bonds is 9. The third-order valence-corrected chi connectivity index (χ3v) is 5.51. The van der Waals surface area contributed by atoms with Crippen LogP contribution in [-0.2, 0) is 30.5 Å². The van der Waals surface area contributed by atoms with Gasteiger partial charge in [-0.3, -0.25) is 4.99 Å². The van der Waals surface area contributed by atoms with Gasteiger partial charge in [0.25, 0.3) is 0 Å². The van der Waals surface area contributed by atoms with Crippen molar-refractivity contribution in [1.82, 2.24) is 15.8 Å². The lowest BCUT2D eigenvalue weighted by Gasteiger charge is -2.25. The van der Waals surface area contributed by atoms with Crippen LogP contribution in [0, 0.1) is 0 Å². The van der Waals surface area contributed by atoms with E-state index in [2.05, 4.69) is 58.9 Å². The predicted molar refractivity (Wildman–Crippen MR) is 132 cm³/mol. The number of aromatic nitrogens is 1. The lowest BCUT2D eigenvalue weighted by Crippen LogP contribution is -2.37. The Morgan fingerprint density at radius 2 is 2.07 bits per heavy atom. The molecule has 6 nitrogen and oxygen atoms in total. The molecule has 1 unspecified atom stereocenters. The third kappa shape index (κ3) is 6.44. The van der Waals surface area contributed by atoms with Crippen LogP contribution in [0.15, 0.2) is 33.8 Å². The fraction of sp³-hybridized carbons (Fsp3) is 0.565. The molecule has 1 aliphatic rings. The molecule has 7 heteroatoms. The molecule has 0 saturated heterocycles. The zero-order valence-electron chi connectivity index (χ0n) is 18.4. The van der Waals surface area contributed by atoms with E-state index >= 15 is 0 Å². The zero-order chi connectivity index (χ0) is 20.5. The van der Waals surface area contributed by atoms with E-state index in [0.717, 1.165) is 61.8 Å². The molecule has 0 bridgehead atoms. The fourth-order valence-electron chi connectivity index (χ4n) is 3.92. The molecule has 1 heterocycles. The average molecular weight is 526 g/mol. The minimum atomic E-state index is 0. The van der Waals surface area contributed by atoms with Gasteiger partial charge < -0.3 is 19.9 Å². The molecule has 0 amide bonds. The Morgan fingerprint density at radius 1 is 1.23 bits per heavy atom. The molecular formula is C23H35IN4O2. The van der Waals surface area contributed by atoms with Gasteiger partial charge in [0.15, 0.2) is 5.96 Å². The molecule has 2 aromatic rings. The van der Waals surface area contributed by atoms with E-state index in [1.54, 1.807) is 7.05 Å². The molecule has 1 aliphatic carbocycles. The Labute approximate surface area is 197 Å². The maximum atomic E-state index is 6.18. The summed E-state index contributed by atoms with van der Waals surface area (Å²) in [5.41, 5.74) is 4.98. The Kier molecular flexibility index (Phi) is 10.6. The topological polar surface area (TPSA) is 71.7 Å². The van der Waals surface area contributed by atoms with Crippen LogP contribution in [0.1, 0.15) is 67.4 Å². The van der Waals surface area contributed by atoms with Gasteiger partial charge >= 0.3 is 0 Å². The molecular weight excluding hydrogens is 491 g/mol. The van der Waals surface area contributed by atoms with Gasteiger partial charge in [0.1, 0.15) is 5.76 Å². The Hall–Kier alpha value is -1.61. The number of hydrogen-bond donors (Lipinski definition) is 2. The number of fused-ring (bicyclic) bond motifs is 1. The van der Waals surface area contributed by atoms with Gasteiger partial charge in [0, 0.05) is 38.7 Å². The van der Waals surface area contributed by atoms with Crippen molar-refractivity contribution >= 4 is 29.9 Å². The monoisotopic (exact) mass is 526 g/mol. The first-order valence-electron chi connectivity index (χ1n) is 10.9. The second-order valence-corrected chi connectivity index (χ2v) is 7.39. The number of hydrogen-bond acceptors (Lipinski definition) is 4. The van der Waals surface area contributed by atoms with E-state index in [4.69, 9.17) is 9.26 Å². The minimum Gasteiger partial charge on any atom is -0.373 e. The highest BCUT2D eigenvalue weighted by Gasteiger charge is 2.19. The summed E-state index contributed by atoms with van der Waals surface area (Å²) < 4.78 is 11.6. The van der Waals surface area contributed by atoms with Crippen LogP contribution in [0.2, 0.25) is 0 Å². The molecule has 3 rings (SSSR count). The summed E-state index contributed by atoms with van der Waals surface area (Å²) in [4.78, 5) is 4.32. The molecule has 0 saturated carbocycles. The molecule has 0 radical (unpaired) electrons. The average Bonchev–Trinajstić information content (AvgIpc) is 3.17. The van der Waals surface area contributed by atoms with Crippen molar-refractivity contribution in [3.8, 4) is 0 Å². The number of aliphatic imine (C=N–C) groups is 1. The number of ether oxygens (including phenoxy) is 1. The number of nitrogens with zero attached hydrogens (tertiary/aromatic N) is 2. The minimum absolute atomic E-state index is 0. The van der Waals surface area contributed by atoms with Gasteiger partial charge in [0.05, 0.1) is 11.8 Å². The normalized spacial score (nSPS) is 16.0. The predicted octanol–water partition coefficient (Wildman–Crippen LogP) is 4.57. The number of guanidine groups is 1. The molecule has 0 spiro atoms. The summed E-state index contributed by atoms with van der Waals surface area (Å²) in [5.74, 6) is 1.74. The van der Waals surface area contributed by atoms with E-state index in [-0.39, 0.29) is 30.1 Å². The van der Waals surface area contributed by atoms with Crippen LogP contribution in [0.4, 0.5) is 0 Å². The highest BCUT2D eigenvalue weighted by molar-refractivity contribution is 14.0. The molecule has 1 aromatic heterocycles. The summed E-state index contributed by atoms with van der Waals surface area (Å²) in [6, 6.07) is 8.67. The summed E-state index contributed by atoms with van der Waals surface area (Å²) in [6.07, 6.45) is 6.39. The number of halogens is 1. The SMILES string of the molecule is CCc1noc(CC)c1CNC(=NC)NCCCOC1CCCc2ccccc21.I. The van der Waals surface area contributed by atoms with Gasteiger partial charge in [-0.05, 0) is 43.2 Å². The first-order valence-corrected chi connectivity index (χ1v) is 10.9. The van der Waals surface area contributed by atoms with Crippen LogP contribution in [0.25, 0.3) is 0 Å². The molecule has 30 heavy (non-hydrogen) atoms. The zero-order valence-corrected chi connectivity index (χ0v) is 20.7. The quantitative estimate of drug-likeness (QED) is 0.217. The first kappa shape index (κ1) is 24.7.